The average molecular weight is 608 g/mol. The van der Waals surface area contributed by atoms with Crippen LogP contribution in [0.5, 0.6) is 0 Å². The summed E-state index contributed by atoms with van der Waals surface area (Å²) in [6, 6.07) is 36.6. The van der Waals surface area contributed by atoms with Gasteiger partial charge in [-0.2, -0.15) is 11.8 Å². The van der Waals surface area contributed by atoms with Crippen LogP contribution in [0.4, 0.5) is 5.69 Å². The summed E-state index contributed by atoms with van der Waals surface area (Å²) in [5.41, 5.74) is 3.44. The molecule has 0 radical (unpaired) electrons. The molecular formula is C35H33N3O5S. The van der Waals surface area contributed by atoms with E-state index in [0.29, 0.717) is 18.5 Å². The van der Waals surface area contributed by atoms with Gasteiger partial charge in [0.1, 0.15) is 12.6 Å². The standard InChI is InChI=1S/C35H33N3O5S/c39-32-23-30-22-31(33(37(30)32)34(40)43-24-25-16-18-29(19-17-25)38(41)42)44-21-20-36-35(26-10-4-1-5-11-26,27-12-6-2-7-13-27)28-14-8-3-9-15-28/h1-19,30-31,33,36H,20-24H2. The molecule has 8 nitrogen and oxygen atoms in total. The smallest absolute Gasteiger partial charge is 0.330 e. The van der Waals surface area contributed by atoms with Gasteiger partial charge >= 0.3 is 5.97 Å². The summed E-state index contributed by atoms with van der Waals surface area (Å²) in [4.78, 5) is 38.0. The van der Waals surface area contributed by atoms with Crippen molar-refractivity contribution < 1.29 is 19.2 Å². The molecule has 3 unspecified atom stereocenters. The SMILES string of the molecule is O=C(OCc1ccc([N+](=O)[O-])cc1)C1C(SCCNC(c2ccccc2)(c2ccccc2)c2ccccc2)CC2CC(=O)N21. The lowest BCUT2D eigenvalue weighted by molar-refractivity contribution is -0.384. The third-order valence-electron chi connectivity index (χ3n) is 8.46. The highest BCUT2D eigenvalue weighted by Crippen LogP contribution is 2.42. The fourth-order valence-corrected chi connectivity index (χ4v) is 7.66. The van der Waals surface area contributed by atoms with Crippen molar-refractivity contribution in [1.82, 2.24) is 10.2 Å². The van der Waals surface area contributed by atoms with Crippen molar-refractivity contribution in [2.24, 2.45) is 0 Å². The molecule has 0 aromatic heterocycles. The number of esters is 1. The van der Waals surface area contributed by atoms with Crippen LogP contribution in [0.1, 0.15) is 35.1 Å². The van der Waals surface area contributed by atoms with Gasteiger partial charge in [0.05, 0.1) is 10.5 Å². The third kappa shape index (κ3) is 5.85. The van der Waals surface area contributed by atoms with Crippen LogP contribution >= 0.6 is 11.8 Å². The second-order valence-electron chi connectivity index (χ2n) is 11.1. The van der Waals surface area contributed by atoms with Crippen LogP contribution in [0.25, 0.3) is 0 Å². The number of fused-ring (bicyclic) bond motifs is 1. The highest BCUT2D eigenvalue weighted by Gasteiger charge is 2.54. The Morgan fingerprint density at radius 3 is 1.93 bits per heavy atom. The number of rotatable bonds is 12. The maximum absolute atomic E-state index is 13.3. The monoisotopic (exact) mass is 607 g/mol. The highest BCUT2D eigenvalue weighted by atomic mass is 32.2. The zero-order valence-electron chi connectivity index (χ0n) is 24.1. The van der Waals surface area contributed by atoms with Gasteiger partial charge in [0, 0.05) is 42.1 Å². The van der Waals surface area contributed by atoms with Crippen molar-refractivity contribution in [2.45, 2.75) is 42.3 Å². The molecule has 0 aliphatic carbocycles. The zero-order chi connectivity index (χ0) is 30.5. The molecule has 0 spiro atoms. The molecular weight excluding hydrogens is 574 g/mol. The molecule has 3 atom stereocenters. The summed E-state index contributed by atoms with van der Waals surface area (Å²) in [5.74, 6) is 0.265. The van der Waals surface area contributed by atoms with Gasteiger partial charge in [-0.15, -0.1) is 0 Å². The normalized spacial score (nSPS) is 19.2. The lowest BCUT2D eigenvalue weighted by Crippen LogP contribution is -2.55. The minimum atomic E-state index is -0.647. The molecule has 2 aliphatic rings. The van der Waals surface area contributed by atoms with Crippen LogP contribution in [-0.2, 0) is 26.5 Å². The summed E-state index contributed by atoms with van der Waals surface area (Å²) in [6.07, 6.45) is 1.20. The maximum Gasteiger partial charge on any atom is 0.330 e. The maximum atomic E-state index is 13.3. The predicted octanol–water partition coefficient (Wildman–Crippen LogP) is 5.69. The Kier molecular flexibility index (Phi) is 8.77. The molecule has 1 amide bonds. The van der Waals surface area contributed by atoms with Crippen LogP contribution in [0.2, 0.25) is 0 Å². The zero-order valence-corrected chi connectivity index (χ0v) is 24.9. The second kappa shape index (κ2) is 13.0. The Bertz CT molecular complexity index is 1510. The molecule has 4 aromatic carbocycles. The largest absolute Gasteiger partial charge is 0.459 e. The Hall–Kier alpha value is -4.47. The van der Waals surface area contributed by atoms with E-state index in [2.05, 4.69) is 78.1 Å². The number of carbonyl (C=O) groups is 2. The van der Waals surface area contributed by atoms with Crippen LogP contribution in [-0.4, -0.2) is 51.3 Å². The number of β-lactam (4-membered cyclic amide) rings is 1. The number of benzene rings is 4. The number of non-ortho nitro benzene ring substituents is 1. The topological polar surface area (TPSA) is 102 Å². The van der Waals surface area contributed by atoms with Gasteiger partial charge in [-0.3, -0.25) is 20.2 Å². The van der Waals surface area contributed by atoms with Crippen LogP contribution in [0.15, 0.2) is 115 Å². The van der Waals surface area contributed by atoms with E-state index in [9.17, 15) is 19.7 Å². The average Bonchev–Trinajstić information content (AvgIpc) is 3.37. The number of nitro benzene ring substituents is 1. The number of amides is 1. The van der Waals surface area contributed by atoms with E-state index in [0.717, 1.165) is 28.9 Å². The number of nitrogens with one attached hydrogen (secondary N) is 1. The summed E-state index contributed by atoms with van der Waals surface area (Å²) in [7, 11) is 0. The Balaban J connectivity index is 1.16. The molecule has 0 saturated carbocycles. The summed E-state index contributed by atoms with van der Waals surface area (Å²) in [6.45, 7) is 0.649. The summed E-state index contributed by atoms with van der Waals surface area (Å²) in [5, 5.41) is 14.8. The molecule has 2 aliphatic heterocycles. The second-order valence-corrected chi connectivity index (χ2v) is 12.4. The lowest BCUT2D eigenvalue weighted by Gasteiger charge is -2.38. The van der Waals surface area contributed by atoms with Crippen LogP contribution in [0, 0.1) is 10.1 Å². The number of hydrogen-bond acceptors (Lipinski definition) is 7. The number of carbonyl (C=O) groups excluding carboxylic acids is 2. The van der Waals surface area contributed by atoms with E-state index in [-0.39, 0.29) is 29.5 Å². The first-order valence-corrected chi connectivity index (χ1v) is 15.8. The van der Waals surface area contributed by atoms with E-state index in [1.807, 2.05) is 18.2 Å². The van der Waals surface area contributed by atoms with Crippen molar-refractivity contribution in [2.75, 3.05) is 12.3 Å². The van der Waals surface area contributed by atoms with Crippen molar-refractivity contribution >= 4 is 29.3 Å². The fourth-order valence-electron chi connectivity index (χ4n) is 6.35. The molecule has 44 heavy (non-hydrogen) atoms. The van der Waals surface area contributed by atoms with E-state index >= 15 is 0 Å². The minimum Gasteiger partial charge on any atom is -0.459 e. The van der Waals surface area contributed by atoms with Gasteiger partial charge in [0.2, 0.25) is 5.91 Å². The van der Waals surface area contributed by atoms with Gasteiger partial charge in [0.15, 0.2) is 0 Å². The number of nitro groups is 1. The first-order chi connectivity index (χ1) is 21.5. The van der Waals surface area contributed by atoms with Gasteiger partial charge in [-0.25, -0.2) is 4.79 Å². The molecule has 9 heteroatoms. The number of thioether (sulfide) groups is 1. The molecule has 224 valence electrons. The van der Waals surface area contributed by atoms with Crippen LogP contribution < -0.4 is 5.32 Å². The van der Waals surface area contributed by atoms with E-state index in [1.54, 1.807) is 28.8 Å². The van der Waals surface area contributed by atoms with Crippen molar-refractivity contribution in [1.29, 1.82) is 0 Å². The summed E-state index contributed by atoms with van der Waals surface area (Å²) >= 11 is 1.69. The fraction of sp³-hybridized carbons (Fsp3) is 0.257. The van der Waals surface area contributed by atoms with Gasteiger partial charge in [-0.1, -0.05) is 91.0 Å². The highest BCUT2D eigenvalue weighted by molar-refractivity contribution is 8.00. The van der Waals surface area contributed by atoms with Crippen LogP contribution in [0.3, 0.4) is 0 Å². The minimum absolute atomic E-state index is 0.00723. The van der Waals surface area contributed by atoms with E-state index in [4.69, 9.17) is 4.74 Å². The van der Waals surface area contributed by atoms with Crippen molar-refractivity contribution in [3.05, 3.63) is 148 Å². The van der Waals surface area contributed by atoms with Crippen molar-refractivity contribution in [3.8, 4) is 0 Å². The summed E-state index contributed by atoms with van der Waals surface area (Å²) < 4.78 is 5.65. The molecule has 1 N–H and O–H groups in total. The molecule has 6 rings (SSSR count). The Morgan fingerprint density at radius 2 is 1.43 bits per heavy atom. The number of hydrogen-bond donors (Lipinski definition) is 1. The Morgan fingerprint density at radius 1 is 0.886 bits per heavy atom. The van der Waals surface area contributed by atoms with E-state index in [1.165, 1.54) is 12.1 Å². The molecule has 2 fully saturated rings. The number of ether oxygens (including phenoxy) is 1. The van der Waals surface area contributed by atoms with Gasteiger partial charge < -0.3 is 9.64 Å². The lowest BCUT2D eigenvalue weighted by atomic mass is 9.77. The van der Waals surface area contributed by atoms with Gasteiger partial charge in [0.25, 0.3) is 5.69 Å². The first kappa shape index (κ1) is 29.6. The number of nitrogens with zero attached hydrogens (tertiary/aromatic N) is 2. The van der Waals surface area contributed by atoms with E-state index < -0.39 is 22.5 Å². The third-order valence-corrected chi connectivity index (χ3v) is 9.78. The molecule has 2 saturated heterocycles. The molecule has 0 bridgehead atoms. The van der Waals surface area contributed by atoms with Gasteiger partial charge in [-0.05, 0) is 40.8 Å². The first-order valence-electron chi connectivity index (χ1n) is 14.7. The Labute approximate surface area is 260 Å². The molecule has 2 heterocycles. The van der Waals surface area contributed by atoms with Crippen molar-refractivity contribution in [3.63, 3.8) is 0 Å². The predicted molar refractivity (Wildman–Crippen MR) is 170 cm³/mol. The molecule has 4 aromatic rings. The quantitative estimate of drug-likeness (QED) is 0.0551.